The lowest BCUT2D eigenvalue weighted by molar-refractivity contribution is -0.138. The number of hydrogen-bond donors (Lipinski definition) is 1. The van der Waals surface area contributed by atoms with Gasteiger partial charge in [0.05, 0.1) is 0 Å². The summed E-state index contributed by atoms with van der Waals surface area (Å²) in [5.74, 6) is 0. The van der Waals surface area contributed by atoms with Crippen LogP contribution in [0.2, 0.25) is 0 Å². The molecule has 4 heteroatoms. The lowest BCUT2D eigenvalue weighted by Crippen LogP contribution is -2.38. The first-order valence-electron chi connectivity index (χ1n) is 7.22. The first kappa shape index (κ1) is 15.9. The Hall–Kier alpha value is -0.160. The Bertz CT molecular complexity index is 199. The van der Waals surface area contributed by atoms with E-state index in [1.807, 2.05) is 13.8 Å². The number of ether oxygens (including phenoxy) is 3. The van der Waals surface area contributed by atoms with E-state index >= 15 is 0 Å². The number of rotatable bonds is 9. The van der Waals surface area contributed by atoms with Crippen molar-refractivity contribution in [1.82, 2.24) is 5.32 Å². The molecule has 1 N–H and O–H groups in total. The molecule has 108 valence electrons. The summed E-state index contributed by atoms with van der Waals surface area (Å²) in [4.78, 5) is 0. The van der Waals surface area contributed by atoms with Crippen molar-refractivity contribution in [3.8, 4) is 0 Å². The van der Waals surface area contributed by atoms with Gasteiger partial charge in [-0.3, -0.25) is 0 Å². The Morgan fingerprint density at radius 3 is 2.33 bits per heavy atom. The first-order valence-corrected chi connectivity index (χ1v) is 7.22. The molecule has 1 fully saturated rings. The minimum Gasteiger partial charge on any atom is -0.381 e. The summed E-state index contributed by atoms with van der Waals surface area (Å²) >= 11 is 0. The third kappa shape index (κ3) is 6.14. The molecule has 0 saturated carbocycles. The molecule has 1 aliphatic rings. The van der Waals surface area contributed by atoms with Gasteiger partial charge in [-0.25, -0.2) is 0 Å². The summed E-state index contributed by atoms with van der Waals surface area (Å²) in [5, 5.41) is 3.53. The molecular formula is C14H29NO3. The van der Waals surface area contributed by atoms with Crippen molar-refractivity contribution in [2.45, 2.75) is 46.3 Å². The molecule has 0 aromatic carbocycles. The molecule has 0 aliphatic carbocycles. The van der Waals surface area contributed by atoms with Crippen molar-refractivity contribution in [3.05, 3.63) is 0 Å². The van der Waals surface area contributed by atoms with E-state index in [4.69, 9.17) is 14.2 Å². The summed E-state index contributed by atoms with van der Waals surface area (Å²) in [5.41, 5.74) is 0.394. The Kier molecular flexibility index (Phi) is 7.82. The van der Waals surface area contributed by atoms with Gasteiger partial charge in [-0.1, -0.05) is 6.92 Å². The summed E-state index contributed by atoms with van der Waals surface area (Å²) in [7, 11) is 0. The molecule has 0 spiro atoms. The van der Waals surface area contributed by atoms with Crippen molar-refractivity contribution in [3.63, 3.8) is 0 Å². The normalized spacial score (nSPS) is 19.3. The van der Waals surface area contributed by atoms with Gasteiger partial charge in [0.1, 0.15) is 0 Å². The van der Waals surface area contributed by atoms with Crippen LogP contribution < -0.4 is 5.32 Å². The van der Waals surface area contributed by atoms with E-state index in [0.717, 1.165) is 45.6 Å². The molecule has 0 bridgehead atoms. The van der Waals surface area contributed by atoms with Gasteiger partial charge in [0, 0.05) is 39.4 Å². The average molecular weight is 259 g/mol. The van der Waals surface area contributed by atoms with Crippen molar-refractivity contribution in [2.24, 2.45) is 5.41 Å². The highest BCUT2D eigenvalue weighted by atomic mass is 16.7. The molecule has 0 atom stereocenters. The smallest absolute Gasteiger partial charge is 0.158 e. The van der Waals surface area contributed by atoms with E-state index in [2.05, 4.69) is 12.2 Å². The van der Waals surface area contributed by atoms with Gasteiger partial charge in [-0.05, 0) is 38.6 Å². The molecule has 0 aromatic rings. The maximum Gasteiger partial charge on any atom is 0.158 e. The van der Waals surface area contributed by atoms with Crippen molar-refractivity contribution in [2.75, 3.05) is 39.5 Å². The lowest BCUT2D eigenvalue weighted by Gasteiger charge is -2.33. The quantitative estimate of drug-likeness (QED) is 0.509. The van der Waals surface area contributed by atoms with Gasteiger partial charge in [-0.2, -0.15) is 0 Å². The average Bonchev–Trinajstić information content (AvgIpc) is 2.36. The van der Waals surface area contributed by atoms with Crippen LogP contribution in [-0.4, -0.2) is 45.8 Å². The van der Waals surface area contributed by atoms with Gasteiger partial charge < -0.3 is 19.5 Å². The molecule has 1 rings (SSSR count). The zero-order valence-corrected chi connectivity index (χ0v) is 12.2. The molecule has 0 unspecified atom stereocenters. The summed E-state index contributed by atoms with van der Waals surface area (Å²) in [6.45, 7) is 11.6. The van der Waals surface area contributed by atoms with Crippen molar-refractivity contribution >= 4 is 0 Å². The SMILES string of the molecule is CCOC(CCNCC1(C)CCOCC1)OCC. The predicted octanol–water partition coefficient (Wildman–Crippen LogP) is 2.18. The maximum absolute atomic E-state index is 5.52. The summed E-state index contributed by atoms with van der Waals surface area (Å²) in [6, 6.07) is 0. The van der Waals surface area contributed by atoms with Crippen LogP contribution in [0.15, 0.2) is 0 Å². The zero-order chi connectivity index (χ0) is 13.3. The van der Waals surface area contributed by atoms with Crippen molar-refractivity contribution in [1.29, 1.82) is 0 Å². The van der Waals surface area contributed by atoms with Gasteiger partial charge in [0.15, 0.2) is 6.29 Å². The lowest BCUT2D eigenvalue weighted by atomic mass is 9.82. The largest absolute Gasteiger partial charge is 0.381 e. The Labute approximate surface area is 111 Å². The number of hydrogen-bond acceptors (Lipinski definition) is 4. The van der Waals surface area contributed by atoms with Gasteiger partial charge in [0.2, 0.25) is 0 Å². The second-order valence-electron chi connectivity index (χ2n) is 5.23. The van der Waals surface area contributed by atoms with Crippen LogP contribution in [0.4, 0.5) is 0 Å². The monoisotopic (exact) mass is 259 g/mol. The molecular weight excluding hydrogens is 230 g/mol. The van der Waals surface area contributed by atoms with Crippen LogP contribution in [-0.2, 0) is 14.2 Å². The number of nitrogens with one attached hydrogen (secondary N) is 1. The summed E-state index contributed by atoms with van der Waals surface area (Å²) < 4.78 is 16.4. The zero-order valence-electron chi connectivity index (χ0n) is 12.2. The summed E-state index contributed by atoms with van der Waals surface area (Å²) in [6.07, 6.45) is 3.16. The molecule has 0 radical (unpaired) electrons. The molecule has 1 aliphatic heterocycles. The highest BCUT2D eigenvalue weighted by Gasteiger charge is 2.26. The van der Waals surface area contributed by atoms with Crippen LogP contribution in [0, 0.1) is 5.41 Å². The topological polar surface area (TPSA) is 39.7 Å². The molecule has 4 nitrogen and oxygen atoms in total. The van der Waals surface area contributed by atoms with Crippen LogP contribution in [0.5, 0.6) is 0 Å². The highest BCUT2D eigenvalue weighted by molar-refractivity contribution is 4.79. The Balaban J connectivity index is 2.12. The molecule has 1 saturated heterocycles. The highest BCUT2D eigenvalue weighted by Crippen LogP contribution is 2.28. The molecule has 1 heterocycles. The Morgan fingerprint density at radius 1 is 1.17 bits per heavy atom. The van der Waals surface area contributed by atoms with E-state index < -0.39 is 0 Å². The fraction of sp³-hybridized carbons (Fsp3) is 1.00. The molecule has 18 heavy (non-hydrogen) atoms. The van der Waals surface area contributed by atoms with Crippen LogP contribution in [0.25, 0.3) is 0 Å². The minimum absolute atomic E-state index is 0.0602. The standard InChI is InChI=1S/C14H29NO3/c1-4-17-13(18-5-2)6-9-15-12-14(3)7-10-16-11-8-14/h13,15H,4-12H2,1-3H3. The second-order valence-corrected chi connectivity index (χ2v) is 5.23. The van der Waals surface area contributed by atoms with Crippen LogP contribution >= 0.6 is 0 Å². The fourth-order valence-electron chi connectivity index (χ4n) is 2.24. The first-order chi connectivity index (χ1) is 8.70. The molecule has 0 amide bonds. The van der Waals surface area contributed by atoms with Crippen LogP contribution in [0.1, 0.15) is 40.0 Å². The van der Waals surface area contributed by atoms with E-state index in [0.29, 0.717) is 18.6 Å². The molecule has 0 aromatic heterocycles. The maximum atomic E-state index is 5.52. The predicted molar refractivity (Wildman–Crippen MR) is 72.7 cm³/mol. The Morgan fingerprint density at radius 2 is 1.78 bits per heavy atom. The third-order valence-corrected chi connectivity index (χ3v) is 3.51. The van der Waals surface area contributed by atoms with Gasteiger partial charge in [0.25, 0.3) is 0 Å². The van der Waals surface area contributed by atoms with Gasteiger partial charge >= 0.3 is 0 Å². The van der Waals surface area contributed by atoms with E-state index in [1.54, 1.807) is 0 Å². The van der Waals surface area contributed by atoms with Gasteiger partial charge in [-0.15, -0.1) is 0 Å². The van der Waals surface area contributed by atoms with E-state index in [-0.39, 0.29) is 6.29 Å². The second kappa shape index (κ2) is 8.86. The van der Waals surface area contributed by atoms with Crippen molar-refractivity contribution < 1.29 is 14.2 Å². The van der Waals surface area contributed by atoms with Crippen LogP contribution in [0.3, 0.4) is 0 Å². The fourth-order valence-corrected chi connectivity index (χ4v) is 2.24. The third-order valence-electron chi connectivity index (χ3n) is 3.51. The minimum atomic E-state index is -0.0602. The van der Waals surface area contributed by atoms with E-state index in [9.17, 15) is 0 Å². The van der Waals surface area contributed by atoms with E-state index in [1.165, 1.54) is 0 Å².